The Morgan fingerprint density at radius 3 is 2.16 bits per heavy atom. The summed E-state index contributed by atoms with van der Waals surface area (Å²) in [6, 6.07) is -0.490. The maximum Gasteiger partial charge on any atom is 0.321 e. The number of aliphatic carboxylic acids is 1. The monoisotopic (exact) mass is 272 g/mol. The Labute approximate surface area is 113 Å². The second-order valence-electron chi connectivity index (χ2n) is 5.08. The topological polar surface area (TPSA) is 95.5 Å². The molecule has 19 heavy (non-hydrogen) atoms. The lowest BCUT2D eigenvalue weighted by Gasteiger charge is -2.16. The largest absolute Gasteiger partial charge is 0.481 e. The standard InChI is InChI=1S/C13H24N2O4/c1-9(2)10(3)8-14-13(19)15-11(16)6-4-5-7-12(17)18/h9-10H,4-8H2,1-3H3,(H,17,18)(H2,14,15,16,19). The van der Waals surface area contributed by atoms with Gasteiger partial charge in [0.15, 0.2) is 0 Å². The maximum atomic E-state index is 11.4. The van der Waals surface area contributed by atoms with Crippen LogP contribution in [0.1, 0.15) is 46.5 Å². The normalized spacial score (nSPS) is 12.0. The van der Waals surface area contributed by atoms with Gasteiger partial charge < -0.3 is 10.4 Å². The number of imide groups is 1. The van der Waals surface area contributed by atoms with Gasteiger partial charge in [0, 0.05) is 19.4 Å². The van der Waals surface area contributed by atoms with Gasteiger partial charge >= 0.3 is 12.0 Å². The summed E-state index contributed by atoms with van der Waals surface area (Å²) in [6.07, 6.45) is 1.12. The van der Waals surface area contributed by atoms with Crippen molar-refractivity contribution in [3.05, 3.63) is 0 Å². The Bertz CT molecular complexity index is 316. The highest BCUT2D eigenvalue weighted by molar-refractivity contribution is 5.94. The average molecular weight is 272 g/mol. The second kappa shape index (κ2) is 9.35. The summed E-state index contributed by atoms with van der Waals surface area (Å²) < 4.78 is 0. The van der Waals surface area contributed by atoms with Crippen molar-refractivity contribution in [2.24, 2.45) is 11.8 Å². The lowest BCUT2D eigenvalue weighted by Crippen LogP contribution is -2.41. The van der Waals surface area contributed by atoms with Crippen LogP contribution < -0.4 is 10.6 Å². The molecular weight excluding hydrogens is 248 g/mol. The van der Waals surface area contributed by atoms with Gasteiger partial charge in [-0.05, 0) is 24.7 Å². The maximum absolute atomic E-state index is 11.4. The highest BCUT2D eigenvalue weighted by Gasteiger charge is 2.11. The molecule has 1 unspecified atom stereocenters. The first-order valence-corrected chi connectivity index (χ1v) is 6.62. The van der Waals surface area contributed by atoms with Gasteiger partial charge in [0.1, 0.15) is 0 Å². The average Bonchev–Trinajstić information content (AvgIpc) is 2.31. The lowest BCUT2D eigenvalue weighted by molar-refractivity contribution is -0.137. The number of hydrogen-bond donors (Lipinski definition) is 3. The fraction of sp³-hybridized carbons (Fsp3) is 0.769. The number of hydrogen-bond acceptors (Lipinski definition) is 3. The Morgan fingerprint density at radius 1 is 1.05 bits per heavy atom. The molecule has 6 nitrogen and oxygen atoms in total. The third kappa shape index (κ3) is 10.1. The summed E-state index contributed by atoms with van der Waals surface area (Å²) in [6.45, 7) is 6.68. The fourth-order valence-electron chi connectivity index (χ4n) is 1.28. The molecule has 0 aliphatic carbocycles. The van der Waals surface area contributed by atoms with Crippen LogP contribution in [0.2, 0.25) is 0 Å². The number of nitrogens with one attached hydrogen (secondary N) is 2. The van der Waals surface area contributed by atoms with Crippen LogP contribution in [0.4, 0.5) is 4.79 Å². The molecule has 0 aromatic carbocycles. The summed E-state index contributed by atoms with van der Waals surface area (Å²) in [5.41, 5.74) is 0. The zero-order chi connectivity index (χ0) is 14.8. The number of carbonyl (C=O) groups is 3. The SMILES string of the molecule is CC(C)C(C)CNC(=O)NC(=O)CCCCC(=O)O. The molecule has 0 rings (SSSR count). The van der Waals surface area contributed by atoms with Crippen LogP contribution in [0.15, 0.2) is 0 Å². The Balaban J connectivity index is 3.69. The van der Waals surface area contributed by atoms with Crippen LogP contribution in [0.5, 0.6) is 0 Å². The van der Waals surface area contributed by atoms with Crippen molar-refractivity contribution in [1.29, 1.82) is 0 Å². The van der Waals surface area contributed by atoms with E-state index < -0.39 is 12.0 Å². The van der Waals surface area contributed by atoms with Gasteiger partial charge in [-0.15, -0.1) is 0 Å². The number of carbonyl (C=O) groups excluding carboxylic acids is 2. The van der Waals surface area contributed by atoms with Crippen LogP contribution in [0.25, 0.3) is 0 Å². The Kier molecular flexibility index (Phi) is 8.57. The predicted octanol–water partition coefficient (Wildman–Crippen LogP) is 1.75. The minimum Gasteiger partial charge on any atom is -0.481 e. The highest BCUT2D eigenvalue weighted by atomic mass is 16.4. The number of carboxylic acids is 1. The molecule has 0 spiro atoms. The van der Waals surface area contributed by atoms with E-state index in [0.717, 1.165) is 0 Å². The van der Waals surface area contributed by atoms with Crippen molar-refractivity contribution in [3.8, 4) is 0 Å². The molecule has 6 heteroatoms. The third-order valence-corrected chi connectivity index (χ3v) is 3.02. The molecule has 0 fully saturated rings. The molecule has 0 saturated carbocycles. The van der Waals surface area contributed by atoms with Gasteiger partial charge in [-0.2, -0.15) is 0 Å². The molecule has 0 aliphatic rings. The molecule has 0 aromatic heterocycles. The van der Waals surface area contributed by atoms with E-state index in [1.165, 1.54) is 0 Å². The van der Waals surface area contributed by atoms with E-state index in [4.69, 9.17) is 5.11 Å². The summed E-state index contributed by atoms with van der Waals surface area (Å²) in [5, 5.41) is 13.3. The van der Waals surface area contributed by atoms with Gasteiger partial charge in [0.25, 0.3) is 0 Å². The van der Waals surface area contributed by atoms with Crippen molar-refractivity contribution in [2.75, 3.05) is 6.54 Å². The number of carboxylic acid groups (broad SMARTS) is 1. The van der Waals surface area contributed by atoms with Crippen LogP contribution in [-0.2, 0) is 9.59 Å². The summed E-state index contributed by atoms with van der Waals surface area (Å²) in [7, 11) is 0. The van der Waals surface area contributed by atoms with E-state index in [1.807, 2.05) is 6.92 Å². The number of urea groups is 1. The molecule has 0 aromatic rings. The first-order chi connectivity index (χ1) is 8.82. The van der Waals surface area contributed by atoms with Gasteiger partial charge in [0.2, 0.25) is 5.91 Å². The fourth-order valence-corrected chi connectivity index (χ4v) is 1.28. The van der Waals surface area contributed by atoms with E-state index in [-0.39, 0.29) is 18.7 Å². The molecule has 0 radical (unpaired) electrons. The molecule has 110 valence electrons. The van der Waals surface area contributed by atoms with Crippen LogP contribution >= 0.6 is 0 Å². The molecule has 0 saturated heterocycles. The Hall–Kier alpha value is -1.59. The second-order valence-corrected chi connectivity index (χ2v) is 5.08. The van der Waals surface area contributed by atoms with Crippen LogP contribution in [0, 0.1) is 11.8 Å². The lowest BCUT2D eigenvalue weighted by atomic mass is 9.98. The van der Waals surface area contributed by atoms with E-state index in [0.29, 0.717) is 31.2 Å². The van der Waals surface area contributed by atoms with Gasteiger partial charge in [-0.1, -0.05) is 20.8 Å². The van der Waals surface area contributed by atoms with E-state index in [1.54, 1.807) is 0 Å². The first kappa shape index (κ1) is 17.4. The predicted molar refractivity (Wildman–Crippen MR) is 71.6 cm³/mol. The van der Waals surface area contributed by atoms with Gasteiger partial charge in [-0.25, -0.2) is 4.79 Å². The molecular formula is C13H24N2O4. The number of amides is 3. The number of unbranched alkanes of at least 4 members (excludes halogenated alkanes) is 1. The van der Waals surface area contributed by atoms with E-state index in [2.05, 4.69) is 24.5 Å². The van der Waals surface area contributed by atoms with Crippen LogP contribution in [0.3, 0.4) is 0 Å². The van der Waals surface area contributed by atoms with Crippen molar-refractivity contribution in [1.82, 2.24) is 10.6 Å². The summed E-state index contributed by atoms with van der Waals surface area (Å²) in [4.78, 5) is 33.0. The molecule has 0 aliphatic heterocycles. The molecule has 3 amide bonds. The zero-order valence-corrected chi connectivity index (χ0v) is 11.9. The van der Waals surface area contributed by atoms with Gasteiger partial charge in [-0.3, -0.25) is 14.9 Å². The number of rotatable bonds is 8. The first-order valence-electron chi connectivity index (χ1n) is 6.62. The molecule has 0 heterocycles. The van der Waals surface area contributed by atoms with Crippen LogP contribution in [-0.4, -0.2) is 29.6 Å². The molecule has 0 bridgehead atoms. The van der Waals surface area contributed by atoms with Crippen molar-refractivity contribution < 1.29 is 19.5 Å². The van der Waals surface area contributed by atoms with E-state index >= 15 is 0 Å². The van der Waals surface area contributed by atoms with Gasteiger partial charge in [0.05, 0.1) is 0 Å². The van der Waals surface area contributed by atoms with Crippen molar-refractivity contribution in [3.63, 3.8) is 0 Å². The quantitative estimate of drug-likeness (QED) is 0.586. The highest BCUT2D eigenvalue weighted by Crippen LogP contribution is 2.07. The third-order valence-electron chi connectivity index (χ3n) is 3.02. The minimum absolute atomic E-state index is 0.0470. The van der Waals surface area contributed by atoms with Crippen molar-refractivity contribution >= 4 is 17.9 Å². The summed E-state index contributed by atoms with van der Waals surface area (Å²) in [5.74, 6) is -0.440. The van der Waals surface area contributed by atoms with Crippen molar-refractivity contribution in [2.45, 2.75) is 46.5 Å². The molecule has 3 N–H and O–H groups in total. The minimum atomic E-state index is -0.874. The Morgan fingerprint density at radius 2 is 1.63 bits per heavy atom. The zero-order valence-electron chi connectivity index (χ0n) is 11.9. The smallest absolute Gasteiger partial charge is 0.321 e. The molecule has 1 atom stereocenters. The van der Waals surface area contributed by atoms with E-state index in [9.17, 15) is 14.4 Å². The summed E-state index contributed by atoms with van der Waals surface area (Å²) >= 11 is 0.